The lowest BCUT2D eigenvalue weighted by atomic mass is 10.2. The molecule has 0 unspecified atom stereocenters. The summed E-state index contributed by atoms with van der Waals surface area (Å²) in [7, 11) is -6.80. The fourth-order valence-corrected chi connectivity index (χ4v) is 4.03. The number of sulfonamides is 1. The summed E-state index contributed by atoms with van der Waals surface area (Å²) in [6.45, 7) is 5.92. The first-order valence-electron chi connectivity index (χ1n) is 7.52. The molecule has 0 radical (unpaired) electrons. The lowest BCUT2D eigenvalue weighted by molar-refractivity contribution is 0.220. The maximum absolute atomic E-state index is 12.2. The largest absolute Gasteiger partial charge is 0.331 e. The highest BCUT2D eigenvalue weighted by Gasteiger charge is 2.22. The second-order valence-corrected chi connectivity index (χ2v) is 8.63. The first-order chi connectivity index (χ1) is 11.3. The maximum Gasteiger partial charge on any atom is 0.331 e. The number of rotatable bonds is 9. The Balaban J connectivity index is 2.49. The van der Waals surface area contributed by atoms with Gasteiger partial charge in [-0.15, -0.1) is 4.83 Å². The molecule has 0 heterocycles. The third-order valence-electron chi connectivity index (χ3n) is 2.83. The predicted molar refractivity (Wildman–Crippen MR) is 92.8 cm³/mol. The van der Waals surface area contributed by atoms with Gasteiger partial charge in [0.2, 0.25) is 0 Å². The van der Waals surface area contributed by atoms with Crippen LogP contribution in [0.3, 0.4) is 0 Å². The molecule has 0 amide bonds. The van der Waals surface area contributed by atoms with Crippen LogP contribution in [0.5, 0.6) is 0 Å². The number of aryl methyl sites for hydroxylation is 1. The average Bonchev–Trinajstić information content (AvgIpc) is 2.51. The van der Waals surface area contributed by atoms with E-state index in [1.807, 2.05) is 6.92 Å². The summed E-state index contributed by atoms with van der Waals surface area (Å²) >= 11 is 0. The summed E-state index contributed by atoms with van der Waals surface area (Å²) in [5.74, 6) is 2.67. The van der Waals surface area contributed by atoms with E-state index < -0.39 is 17.6 Å². The smallest absolute Gasteiger partial charge is 0.309 e. The van der Waals surface area contributed by atoms with E-state index in [9.17, 15) is 13.0 Å². The van der Waals surface area contributed by atoms with Gasteiger partial charge in [-0.05, 0) is 32.9 Å². The van der Waals surface area contributed by atoms with E-state index in [0.29, 0.717) is 13.2 Å². The van der Waals surface area contributed by atoms with Gasteiger partial charge in [0.05, 0.1) is 24.3 Å². The van der Waals surface area contributed by atoms with Gasteiger partial charge in [0.1, 0.15) is 0 Å². The Morgan fingerprint density at radius 2 is 1.71 bits per heavy atom. The minimum atomic E-state index is -3.68. The number of hydrazine groups is 1. The Morgan fingerprint density at radius 3 is 2.25 bits per heavy atom. The maximum atomic E-state index is 12.2. The molecular formula is C15H23N2O5PS. The van der Waals surface area contributed by atoms with E-state index >= 15 is 0 Å². The molecule has 1 rings (SSSR count). The summed E-state index contributed by atoms with van der Waals surface area (Å²) in [5, 5.41) is 0. The van der Waals surface area contributed by atoms with Crippen LogP contribution in [0.2, 0.25) is 0 Å². The quantitative estimate of drug-likeness (QED) is 0.298. The molecular weight excluding hydrogens is 351 g/mol. The summed E-state index contributed by atoms with van der Waals surface area (Å²) in [6.07, 6.45) is 0.393. The fraction of sp³-hybridized carbons (Fsp3) is 0.467. The van der Waals surface area contributed by atoms with Crippen LogP contribution in [-0.2, 0) is 23.6 Å². The van der Waals surface area contributed by atoms with Crippen LogP contribution in [0.15, 0.2) is 29.2 Å². The third-order valence-corrected chi connectivity index (χ3v) is 6.17. The highest BCUT2D eigenvalue weighted by atomic mass is 32.2. The Kier molecular flexibility index (Phi) is 8.46. The van der Waals surface area contributed by atoms with Gasteiger partial charge >= 0.3 is 7.60 Å². The van der Waals surface area contributed by atoms with Crippen molar-refractivity contribution in [2.24, 2.45) is 0 Å². The predicted octanol–water partition coefficient (Wildman–Crippen LogP) is 2.40. The van der Waals surface area contributed by atoms with Crippen molar-refractivity contribution in [2.75, 3.05) is 19.4 Å². The molecule has 0 bridgehead atoms. The Bertz CT molecular complexity index is 712. The molecule has 0 saturated heterocycles. The van der Waals surface area contributed by atoms with Crippen molar-refractivity contribution in [3.8, 4) is 12.0 Å². The van der Waals surface area contributed by atoms with Crippen molar-refractivity contribution in [1.82, 2.24) is 10.3 Å². The van der Waals surface area contributed by atoms with E-state index in [0.717, 1.165) is 5.56 Å². The van der Waals surface area contributed by atoms with Crippen LogP contribution in [-0.4, -0.2) is 27.8 Å². The summed E-state index contributed by atoms with van der Waals surface area (Å²) < 4.78 is 46.4. The molecule has 7 nitrogen and oxygen atoms in total. The topological polar surface area (TPSA) is 93.7 Å². The highest BCUT2D eigenvalue weighted by Crippen LogP contribution is 2.48. The van der Waals surface area contributed by atoms with Gasteiger partial charge in [-0.1, -0.05) is 23.6 Å². The molecule has 0 aliphatic rings. The summed E-state index contributed by atoms with van der Waals surface area (Å²) in [4.78, 5) is 2.30. The molecule has 0 aliphatic heterocycles. The number of benzene rings is 1. The van der Waals surface area contributed by atoms with Crippen LogP contribution in [0, 0.1) is 18.9 Å². The van der Waals surface area contributed by atoms with E-state index in [1.54, 1.807) is 26.0 Å². The molecule has 1 aromatic rings. The second kappa shape index (κ2) is 9.82. The monoisotopic (exact) mass is 374 g/mol. The first-order valence-corrected chi connectivity index (χ1v) is 10.7. The standard InChI is InChI=1S/C15H23N2O5PS/c1-4-21-23(18,22-5-2)13-7-6-12-16-17-24(19,20)15-10-8-14(3)9-11-15/h8-11,16-17H,4-5,7,13H2,1-3H3. The Morgan fingerprint density at radius 1 is 1.12 bits per heavy atom. The van der Waals surface area contributed by atoms with Gasteiger partial charge in [-0.2, -0.15) is 0 Å². The fourth-order valence-electron chi connectivity index (χ4n) is 1.73. The highest BCUT2D eigenvalue weighted by molar-refractivity contribution is 7.89. The molecule has 2 N–H and O–H groups in total. The first kappa shape index (κ1) is 20.7. The summed E-state index contributed by atoms with van der Waals surface area (Å²) in [5.41, 5.74) is 3.29. The normalized spacial score (nSPS) is 11.6. The van der Waals surface area contributed by atoms with Gasteiger partial charge in [-0.25, -0.2) is 8.42 Å². The van der Waals surface area contributed by atoms with Crippen LogP contribution in [0.1, 0.15) is 25.8 Å². The van der Waals surface area contributed by atoms with Gasteiger partial charge in [0.25, 0.3) is 10.0 Å². The van der Waals surface area contributed by atoms with E-state index in [4.69, 9.17) is 9.05 Å². The molecule has 9 heteroatoms. The molecule has 1 aromatic carbocycles. The van der Waals surface area contributed by atoms with Gasteiger partial charge in [0.15, 0.2) is 0 Å². The van der Waals surface area contributed by atoms with Crippen molar-refractivity contribution >= 4 is 17.6 Å². The molecule has 0 aromatic heterocycles. The molecule has 0 atom stereocenters. The minimum Gasteiger partial charge on any atom is -0.309 e. The van der Waals surface area contributed by atoms with Crippen molar-refractivity contribution < 1.29 is 22.0 Å². The molecule has 24 heavy (non-hydrogen) atoms. The molecule has 0 saturated carbocycles. The lowest BCUT2D eigenvalue weighted by Gasteiger charge is -2.15. The van der Waals surface area contributed by atoms with Gasteiger partial charge < -0.3 is 9.05 Å². The SMILES string of the molecule is CCOP(=O)(CCC#CNNS(=O)(=O)c1ccc(C)cc1)OCC. The van der Waals surface area contributed by atoms with Crippen LogP contribution in [0.4, 0.5) is 0 Å². The second-order valence-electron chi connectivity index (χ2n) is 4.77. The zero-order chi connectivity index (χ0) is 18.1. The van der Waals surface area contributed by atoms with E-state index in [-0.39, 0.29) is 17.5 Å². The van der Waals surface area contributed by atoms with Crippen LogP contribution < -0.4 is 10.3 Å². The zero-order valence-electron chi connectivity index (χ0n) is 14.0. The van der Waals surface area contributed by atoms with E-state index in [1.165, 1.54) is 12.1 Å². The zero-order valence-corrected chi connectivity index (χ0v) is 15.7. The Hall–Kier alpha value is -1.36. The molecule has 134 valence electrons. The Labute approximate surface area is 143 Å². The third kappa shape index (κ3) is 7.04. The summed E-state index contributed by atoms with van der Waals surface area (Å²) in [6, 6.07) is 8.89. The lowest BCUT2D eigenvalue weighted by Crippen LogP contribution is -2.33. The number of nitrogens with one attached hydrogen (secondary N) is 2. The van der Waals surface area contributed by atoms with Gasteiger partial charge in [0, 0.05) is 12.5 Å². The molecule has 0 aliphatic carbocycles. The minimum absolute atomic E-state index is 0.139. The average molecular weight is 374 g/mol. The van der Waals surface area contributed by atoms with Crippen molar-refractivity contribution in [1.29, 1.82) is 0 Å². The van der Waals surface area contributed by atoms with Crippen molar-refractivity contribution in [3.05, 3.63) is 29.8 Å². The van der Waals surface area contributed by atoms with Gasteiger partial charge in [-0.3, -0.25) is 9.99 Å². The van der Waals surface area contributed by atoms with Crippen LogP contribution in [0.25, 0.3) is 0 Å². The van der Waals surface area contributed by atoms with Crippen molar-refractivity contribution in [3.63, 3.8) is 0 Å². The van der Waals surface area contributed by atoms with Crippen molar-refractivity contribution in [2.45, 2.75) is 32.1 Å². The molecule has 0 spiro atoms. The number of hydrogen-bond acceptors (Lipinski definition) is 6. The van der Waals surface area contributed by atoms with Crippen LogP contribution >= 0.6 is 7.60 Å². The number of hydrogen-bond donors (Lipinski definition) is 2. The molecule has 0 fully saturated rings. The van der Waals surface area contributed by atoms with E-state index in [2.05, 4.69) is 22.2 Å².